The molecule has 6 unspecified atom stereocenters. The Morgan fingerprint density at radius 1 is 0.768 bits per heavy atom. The van der Waals surface area contributed by atoms with Crippen molar-refractivity contribution in [2.45, 2.75) is 125 Å². The summed E-state index contributed by atoms with van der Waals surface area (Å²) in [6, 6.07) is 33.8. The van der Waals surface area contributed by atoms with Crippen molar-refractivity contribution in [1.82, 2.24) is 9.65 Å². The van der Waals surface area contributed by atoms with Crippen LogP contribution in [0.15, 0.2) is 120 Å². The zero-order valence-electron chi connectivity index (χ0n) is 39.2. The van der Waals surface area contributed by atoms with Gasteiger partial charge in [-0.3, -0.25) is 0 Å². The molecule has 2 bridgehead atoms. The Morgan fingerprint density at radius 2 is 1.32 bits per heavy atom. The maximum absolute atomic E-state index is 14.2. The Hall–Kier alpha value is -4.40. The number of nitriles is 1. The first kappa shape index (κ1) is 49.6. The van der Waals surface area contributed by atoms with E-state index in [2.05, 4.69) is 43.4 Å². The van der Waals surface area contributed by atoms with Crippen molar-refractivity contribution in [2.24, 2.45) is 10.8 Å². The van der Waals surface area contributed by atoms with E-state index in [1.165, 1.54) is 0 Å². The van der Waals surface area contributed by atoms with Crippen molar-refractivity contribution >= 4 is 48.0 Å². The molecule has 6 atom stereocenters. The van der Waals surface area contributed by atoms with E-state index < -0.39 is 62.7 Å². The highest BCUT2D eigenvalue weighted by Crippen LogP contribution is 2.82. The second-order valence-corrected chi connectivity index (χ2v) is 23.1. The van der Waals surface area contributed by atoms with Gasteiger partial charge < -0.3 is 37.5 Å². The fraction of sp³-hybridized carbons (Fsp3) is 0.481. The summed E-state index contributed by atoms with van der Waals surface area (Å²) in [4.78, 5) is 46.7. The van der Waals surface area contributed by atoms with Gasteiger partial charge in [0.15, 0.2) is 24.6 Å². The van der Waals surface area contributed by atoms with Gasteiger partial charge in [0, 0.05) is 34.9 Å². The summed E-state index contributed by atoms with van der Waals surface area (Å²) < 4.78 is 54.7. The van der Waals surface area contributed by atoms with Crippen molar-refractivity contribution in [1.29, 1.82) is 5.26 Å². The Bertz CT molecular complexity index is 2420. The molecule has 0 radical (unpaired) electrons. The first-order valence-electron chi connectivity index (χ1n) is 23.5. The van der Waals surface area contributed by atoms with Crippen LogP contribution in [0.5, 0.6) is 0 Å². The van der Waals surface area contributed by atoms with Gasteiger partial charge in [-0.1, -0.05) is 71.5 Å². The number of rotatable bonds is 24. The van der Waals surface area contributed by atoms with Crippen molar-refractivity contribution in [3.63, 3.8) is 0 Å². The third-order valence-electron chi connectivity index (χ3n) is 13.5. The van der Waals surface area contributed by atoms with E-state index in [0.29, 0.717) is 19.3 Å². The number of carbonyl (C=O) groups is 3. The number of esters is 3. The molecule has 1 aromatic heterocycles. The molecule has 69 heavy (non-hydrogen) atoms. The van der Waals surface area contributed by atoms with Crippen LogP contribution in [0.25, 0.3) is 0 Å². The van der Waals surface area contributed by atoms with Gasteiger partial charge in [-0.2, -0.15) is 5.26 Å². The molecule has 4 aromatic rings. The molecule has 0 amide bonds. The summed E-state index contributed by atoms with van der Waals surface area (Å²) in [6.07, 6.45) is -0.498. The molecule has 364 valence electrons. The first-order valence-corrected chi connectivity index (χ1v) is 27.0. The van der Waals surface area contributed by atoms with Crippen LogP contribution in [0.3, 0.4) is 0 Å². The zero-order chi connectivity index (χ0) is 48.2. The van der Waals surface area contributed by atoms with Crippen LogP contribution in [0.1, 0.15) is 97.3 Å². The molecule has 0 spiro atoms. The number of fused-ring (bicyclic) bond motifs is 1. The normalized spacial score (nSPS) is 29.7. The Balaban J connectivity index is 0.980. The van der Waals surface area contributed by atoms with Crippen LogP contribution in [-0.4, -0.2) is 107 Å². The topological polar surface area (TPSA) is 165 Å². The molecule has 17 heteroatoms. The molecule has 3 aromatic carbocycles. The SMILES string of the molecule is CC(C)N(C(C)C)P(OCCC#N)OC12CC(COC3OC(COC45CC4(CSSc4ccccn4)C5)C(OC(=O)c4ccccc4)C(OC(=O)c4ccccc4)C3OC(=O)c3ccccc3)(C1)C2. The minimum Gasteiger partial charge on any atom is -0.452 e. The molecule has 10 rings (SSSR count). The van der Waals surface area contributed by atoms with Gasteiger partial charge in [0.2, 0.25) is 0 Å². The number of pyridine rings is 1. The van der Waals surface area contributed by atoms with Crippen LogP contribution in [0, 0.1) is 22.2 Å². The molecular formula is C52H58N3O11PS2. The van der Waals surface area contributed by atoms with Crippen LogP contribution >= 0.6 is 30.1 Å². The van der Waals surface area contributed by atoms with Gasteiger partial charge in [-0.05, 0) is 119 Å². The lowest BCUT2D eigenvalue weighted by Gasteiger charge is -2.70. The number of benzene rings is 3. The molecule has 14 nitrogen and oxygen atoms in total. The van der Waals surface area contributed by atoms with E-state index in [0.717, 1.165) is 23.6 Å². The average Bonchev–Trinajstić information content (AvgIpc) is 4.17. The van der Waals surface area contributed by atoms with Crippen molar-refractivity contribution in [3.8, 4) is 6.07 Å². The summed E-state index contributed by atoms with van der Waals surface area (Å²) in [7, 11) is 1.93. The molecule has 1 aliphatic heterocycles. The standard InChI is InChI=1S/C52H58N3O11PS2/c1-35(2)55(36(3)4)67(61-26-16-24-53)66-51-28-49(29-51,30-51)33-59-48-44(65-47(58)39-21-12-7-13-22-39)43(64-46(57)38-19-10-6-11-20-38)42(63-45(56)37-17-8-5-9-18-37)40(62-48)27-60-52-31-50(52,32-52)34-68-69-41-23-14-15-25-54-41/h5-15,17-23,25,35-36,40,42-44,48H,16,26-34H2,1-4H3. The molecule has 6 aliphatic rings. The second kappa shape index (κ2) is 21.1. The van der Waals surface area contributed by atoms with Gasteiger partial charge in [0.25, 0.3) is 8.53 Å². The van der Waals surface area contributed by atoms with Gasteiger partial charge in [-0.25, -0.2) is 24.0 Å². The highest BCUT2D eigenvalue weighted by atomic mass is 33.1. The first-order chi connectivity index (χ1) is 33.4. The fourth-order valence-electron chi connectivity index (χ4n) is 9.98. The molecule has 5 aliphatic carbocycles. The smallest absolute Gasteiger partial charge is 0.338 e. The Morgan fingerprint density at radius 3 is 1.86 bits per heavy atom. The summed E-state index contributed by atoms with van der Waals surface area (Å²) in [6.45, 7) is 8.91. The lowest BCUT2D eigenvalue weighted by Crippen LogP contribution is -2.70. The summed E-state index contributed by atoms with van der Waals surface area (Å²) in [5.74, 6) is -1.23. The second-order valence-electron chi connectivity index (χ2n) is 19.4. The van der Waals surface area contributed by atoms with Gasteiger partial charge in [0.05, 0.1) is 60.2 Å². The van der Waals surface area contributed by atoms with E-state index in [9.17, 15) is 19.6 Å². The lowest BCUT2D eigenvalue weighted by molar-refractivity contribution is -0.331. The largest absolute Gasteiger partial charge is 0.452 e. The van der Waals surface area contributed by atoms with Gasteiger partial charge >= 0.3 is 17.9 Å². The number of hydrogen-bond donors (Lipinski definition) is 0. The maximum Gasteiger partial charge on any atom is 0.338 e. The molecule has 2 heterocycles. The summed E-state index contributed by atoms with van der Waals surface area (Å²) >= 11 is 0. The zero-order valence-corrected chi connectivity index (χ0v) is 41.7. The van der Waals surface area contributed by atoms with E-state index in [4.69, 9.17) is 37.5 Å². The maximum atomic E-state index is 14.2. The molecule has 5 saturated carbocycles. The predicted octanol–water partition coefficient (Wildman–Crippen LogP) is 10.0. The molecule has 6 fully saturated rings. The van der Waals surface area contributed by atoms with E-state index >= 15 is 0 Å². The predicted molar refractivity (Wildman–Crippen MR) is 260 cm³/mol. The quantitative estimate of drug-likeness (QED) is 0.0214. The third-order valence-corrected chi connectivity index (χ3v) is 18.2. The molecular weight excluding hydrogens is 938 g/mol. The van der Waals surface area contributed by atoms with E-state index in [1.807, 2.05) is 18.2 Å². The van der Waals surface area contributed by atoms with Crippen molar-refractivity contribution in [2.75, 3.05) is 25.6 Å². The lowest BCUT2D eigenvalue weighted by atomic mass is 9.41. The van der Waals surface area contributed by atoms with E-state index in [1.54, 1.807) is 119 Å². The minimum absolute atomic E-state index is 0.00218. The van der Waals surface area contributed by atoms with Gasteiger partial charge in [0.1, 0.15) is 11.1 Å². The summed E-state index contributed by atoms with van der Waals surface area (Å²) in [5, 5.41) is 10.2. The number of aromatic nitrogens is 1. The number of ether oxygens (including phenoxy) is 6. The van der Waals surface area contributed by atoms with Crippen molar-refractivity contribution < 1.29 is 51.9 Å². The van der Waals surface area contributed by atoms with E-state index in [-0.39, 0.29) is 71.4 Å². The Kier molecular flexibility index (Phi) is 15.2. The van der Waals surface area contributed by atoms with Crippen molar-refractivity contribution in [3.05, 3.63) is 132 Å². The highest BCUT2D eigenvalue weighted by Gasteiger charge is 2.84. The van der Waals surface area contributed by atoms with Crippen LogP contribution in [0.4, 0.5) is 0 Å². The molecule has 1 saturated heterocycles. The van der Waals surface area contributed by atoms with Crippen LogP contribution in [-0.2, 0) is 37.5 Å². The number of carbonyl (C=O) groups excluding carboxylic acids is 3. The monoisotopic (exact) mass is 995 g/mol. The third kappa shape index (κ3) is 11.1. The Labute approximate surface area is 412 Å². The fourth-order valence-corrected chi connectivity index (χ4v) is 14.4. The minimum atomic E-state index is -1.45. The molecule has 0 N–H and O–H groups in total. The van der Waals surface area contributed by atoms with Gasteiger partial charge in [-0.15, -0.1) is 0 Å². The number of nitrogens with zero attached hydrogens (tertiary/aromatic N) is 3. The number of hydrogen-bond acceptors (Lipinski definition) is 16. The highest BCUT2D eigenvalue weighted by molar-refractivity contribution is 8.76. The summed E-state index contributed by atoms with van der Waals surface area (Å²) in [5.41, 5.74) is -0.271. The average molecular weight is 996 g/mol. The van der Waals surface area contributed by atoms with Crippen LogP contribution < -0.4 is 0 Å². The van der Waals surface area contributed by atoms with Crippen LogP contribution in [0.2, 0.25) is 0 Å².